The van der Waals surface area contributed by atoms with Gasteiger partial charge in [-0.1, -0.05) is 81.8 Å². The Balaban J connectivity index is 2.42. The van der Waals surface area contributed by atoms with Gasteiger partial charge in [0.2, 0.25) is 0 Å². The lowest BCUT2D eigenvalue weighted by Gasteiger charge is -2.37. The smallest absolute Gasteiger partial charge is 0.0747 e. The molecule has 0 N–H and O–H groups in total. The van der Waals surface area contributed by atoms with E-state index in [-0.39, 0.29) is 3.95 Å². The van der Waals surface area contributed by atoms with Crippen LogP contribution in [-0.2, 0) is 3.95 Å². The lowest BCUT2D eigenvalue weighted by atomic mass is 10.1. The molecule has 1 atom stereocenters. The van der Waals surface area contributed by atoms with E-state index >= 15 is 0 Å². The van der Waals surface area contributed by atoms with Crippen LogP contribution in [0.1, 0.15) is 11.1 Å². The van der Waals surface area contributed by atoms with Gasteiger partial charge in [0.25, 0.3) is 0 Å². The third kappa shape index (κ3) is 1.82. The summed E-state index contributed by atoms with van der Waals surface area (Å²) >= 11 is 7.76. The van der Waals surface area contributed by atoms with Crippen LogP contribution in [0.2, 0.25) is 19.6 Å². The predicted octanol–water partition coefficient (Wildman–Crippen LogP) is 5.95. The van der Waals surface area contributed by atoms with Crippen molar-refractivity contribution in [1.82, 2.24) is 0 Å². The zero-order valence-corrected chi connectivity index (χ0v) is 15.5. The summed E-state index contributed by atoms with van der Waals surface area (Å²) in [5.41, 5.74) is 5.60. The van der Waals surface area contributed by atoms with Crippen molar-refractivity contribution in [2.24, 2.45) is 0 Å². The number of rotatable bonds is 1. The lowest BCUT2D eigenvalue weighted by Crippen LogP contribution is -2.44. The van der Waals surface area contributed by atoms with Crippen LogP contribution in [-0.4, -0.2) is 8.07 Å². The molecule has 1 unspecified atom stereocenters. The average molecular weight is 396 g/mol. The molecule has 1 aliphatic rings. The third-order valence-corrected chi connectivity index (χ3v) is 11.5. The van der Waals surface area contributed by atoms with Crippen molar-refractivity contribution < 1.29 is 0 Å². The van der Waals surface area contributed by atoms with Crippen LogP contribution in [0.5, 0.6) is 0 Å². The highest BCUT2D eigenvalue weighted by molar-refractivity contribution is 9.10. The number of hydrogen-bond donors (Lipinski definition) is 0. The number of fused-ring (bicyclic) bond motifs is 3. The maximum Gasteiger partial charge on any atom is 0.0747 e. The van der Waals surface area contributed by atoms with Crippen molar-refractivity contribution in [3.63, 3.8) is 0 Å². The minimum atomic E-state index is -1.48. The van der Waals surface area contributed by atoms with Gasteiger partial charge in [-0.15, -0.1) is 0 Å². The monoisotopic (exact) mass is 394 g/mol. The van der Waals surface area contributed by atoms with Crippen LogP contribution >= 0.6 is 31.9 Å². The maximum atomic E-state index is 4.14. The van der Waals surface area contributed by atoms with E-state index < -0.39 is 8.07 Å². The Labute approximate surface area is 132 Å². The van der Waals surface area contributed by atoms with Crippen LogP contribution in [0.3, 0.4) is 0 Å². The highest BCUT2D eigenvalue weighted by Crippen LogP contribution is 2.57. The highest BCUT2D eigenvalue weighted by atomic mass is 79.9. The molecule has 98 valence electrons. The van der Waals surface area contributed by atoms with Gasteiger partial charge in [0.1, 0.15) is 0 Å². The summed E-state index contributed by atoms with van der Waals surface area (Å²) in [5.74, 6) is 0. The molecular weight excluding hydrogens is 380 g/mol. The molecule has 0 heterocycles. The summed E-state index contributed by atoms with van der Waals surface area (Å²) < 4.78 is 1.16. The van der Waals surface area contributed by atoms with Crippen molar-refractivity contribution >= 4 is 39.9 Å². The lowest BCUT2D eigenvalue weighted by molar-refractivity contribution is 1.05. The van der Waals surface area contributed by atoms with E-state index in [0.29, 0.717) is 0 Å². The Hall–Kier alpha value is -0.383. The predicted molar refractivity (Wildman–Crippen MR) is 92.6 cm³/mol. The average Bonchev–Trinajstić information content (AvgIpc) is 2.61. The fourth-order valence-electron chi connectivity index (χ4n) is 3.01. The van der Waals surface area contributed by atoms with E-state index in [0.717, 1.165) is 4.47 Å². The van der Waals surface area contributed by atoms with Crippen LogP contribution in [0.25, 0.3) is 11.1 Å². The normalized spacial score (nSPS) is 21.1. The van der Waals surface area contributed by atoms with E-state index in [9.17, 15) is 0 Å². The zero-order valence-electron chi connectivity index (χ0n) is 11.3. The zero-order chi connectivity index (χ0) is 13.8. The van der Waals surface area contributed by atoms with Crippen LogP contribution in [0, 0.1) is 0 Å². The third-order valence-electron chi connectivity index (χ3n) is 3.97. The molecule has 2 aromatic carbocycles. The van der Waals surface area contributed by atoms with Gasteiger partial charge in [0.15, 0.2) is 0 Å². The van der Waals surface area contributed by atoms with Crippen LogP contribution in [0.4, 0.5) is 0 Å². The summed E-state index contributed by atoms with van der Waals surface area (Å²) in [4.78, 5) is 0. The highest BCUT2D eigenvalue weighted by Gasteiger charge is 2.50. The van der Waals surface area contributed by atoms with E-state index in [1.54, 1.807) is 0 Å². The first-order valence-corrected chi connectivity index (χ1v) is 11.5. The Bertz CT molecular complexity index is 658. The van der Waals surface area contributed by atoms with Gasteiger partial charge in [-0.2, -0.15) is 0 Å². The summed E-state index contributed by atoms with van der Waals surface area (Å²) in [6, 6.07) is 15.5. The summed E-state index contributed by atoms with van der Waals surface area (Å²) in [6.45, 7) is 7.28. The molecule has 1 aliphatic carbocycles. The van der Waals surface area contributed by atoms with Gasteiger partial charge in [0, 0.05) is 4.47 Å². The quantitative estimate of drug-likeness (QED) is 0.413. The maximum absolute atomic E-state index is 4.14. The molecule has 0 saturated carbocycles. The molecule has 0 nitrogen and oxygen atoms in total. The molecule has 0 fully saturated rings. The summed E-state index contributed by atoms with van der Waals surface area (Å²) in [6.07, 6.45) is 0. The topological polar surface area (TPSA) is 0 Å². The SMILES string of the molecule is C[Si](C)(C)C1(Br)c2ccccc2-c2ccc(Br)cc21. The second-order valence-corrected chi connectivity index (χ2v) is 14.2. The first-order chi connectivity index (χ1) is 8.85. The molecular formula is C16H16Br2Si. The first-order valence-electron chi connectivity index (χ1n) is 6.44. The summed E-state index contributed by atoms with van der Waals surface area (Å²) in [7, 11) is -1.48. The fraction of sp³-hybridized carbons (Fsp3) is 0.250. The Morgan fingerprint density at radius 2 is 1.53 bits per heavy atom. The minimum Gasteiger partial charge on any atom is -0.0786 e. The fourth-order valence-corrected chi connectivity index (χ4v) is 6.08. The van der Waals surface area contributed by atoms with Gasteiger partial charge in [0.05, 0.1) is 12.0 Å². The molecule has 0 spiro atoms. The van der Waals surface area contributed by atoms with Gasteiger partial charge >= 0.3 is 0 Å². The molecule has 3 rings (SSSR count). The number of hydrogen-bond acceptors (Lipinski definition) is 0. The number of benzene rings is 2. The molecule has 0 saturated heterocycles. The second-order valence-electron chi connectivity index (χ2n) is 6.14. The molecule has 19 heavy (non-hydrogen) atoms. The molecule has 0 amide bonds. The second kappa shape index (κ2) is 4.30. The number of halogens is 2. The van der Waals surface area contributed by atoms with Crippen molar-refractivity contribution in [1.29, 1.82) is 0 Å². The van der Waals surface area contributed by atoms with Gasteiger partial charge in [-0.05, 0) is 34.4 Å². The van der Waals surface area contributed by atoms with E-state index in [4.69, 9.17) is 0 Å². The van der Waals surface area contributed by atoms with Crippen molar-refractivity contribution in [2.45, 2.75) is 23.6 Å². The van der Waals surface area contributed by atoms with Gasteiger partial charge < -0.3 is 0 Å². The van der Waals surface area contributed by atoms with Crippen molar-refractivity contribution in [3.8, 4) is 11.1 Å². The largest absolute Gasteiger partial charge is 0.0786 e. The molecule has 0 bridgehead atoms. The van der Waals surface area contributed by atoms with Gasteiger partial charge in [-0.25, -0.2) is 0 Å². The molecule has 2 aromatic rings. The molecule has 0 radical (unpaired) electrons. The minimum absolute atomic E-state index is 0.00963. The van der Waals surface area contributed by atoms with E-state index in [1.807, 2.05) is 0 Å². The molecule has 3 heteroatoms. The summed E-state index contributed by atoms with van der Waals surface area (Å²) in [5, 5.41) is 0. The van der Waals surface area contributed by atoms with Crippen LogP contribution in [0.15, 0.2) is 46.9 Å². The van der Waals surface area contributed by atoms with Crippen molar-refractivity contribution in [3.05, 3.63) is 58.1 Å². The molecule has 0 aromatic heterocycles. The number of alkyl halides is 1. The van der Waals surface area contributed by atoms with Crippen molar-refractivity contribution in [2.75, 3.05) is 0 Å². The van der Waals surface area contributed by atoms with Crippen LogP contribution < -0.4 is 0 Å². The van der Waals surface area contributed by atoms with Gasteiger partial charge in [-0.3, -0.25) is 0 Å². The van der Waals surface area contributed by atoms with E-state index in [2.05, 4.69) is 94.0 Å². The Morgan fingerprint density at radius 1 is 0.895 bits per heavy atom. The Morgan fingerprint density at radius 3 is 2.21 bits per heavy atom. The standard InChI is InChI=1S/C16H16Br2Si/c1-19(2,3)16(18)14-7-5-4-6-12(14)13-9-8-11(17)10-15(13)16/h4-10H,1-3H3. The first kappa shape index (κ1) is 13.6. The Kier molecular flexibility index (Phi) is 3.08. The molecule has 0 aliphatic heterocycles. The van der Waals surface area contributed by atoms with E-state index in [1.165, 1.54) is 22.3 Å².